The summed E-state index contributed by atoms with van der Waals surface area (Å²) >= 11 is 0. The monoisotopic (exact) mass is 328 g/mol. The normalized spacial score (nSPS) is 18.7. The molecule has 2 amide bonds. The Bertz CT molecular complexity index is 582. The van der Waals surface area contributed by atoms with Crippen molar-refractivity contribution in [2.45, 2.75) is 19.6 Å². The predicted octanol–water partition coefficient (Wildman–Crippen LogP) is 0.953. The summed E-state index contributed by atoms with van der Waals surface area (Å²) in [5.41, 5.74) is 0.187. The molecule has 6 nitrogen and oxygen atoms in total. The standard InChI is InChI=1S/C15H18F2N2O4/c1-10(20)18-5-6-19(9-12(21)8-18)14(22)11-3-2-4-13(7-11)23-15(16)17/h2-4,7,12,15,21H,5-6,8-9H2,1H3/t12-/m1/s1. The van der Waals surface area contributed by atoms with E-state index in [2.05, 4.69) is 4.74 Å². The summed E-state index contributed by atoms with van der Waals surface area (Å²) in [6, 6.07) is 5.49. The van der Waals surface area contributed by atoms with Gasteiger partial charge in [-0.25, -0.2) is 0 Å². The van der Waals surface area contributed by atoms with Crippen LogP contribution in [0.15, 0.2) is 24.3 Å². The van der Waals surface area contributed by atoms with Gasteiger partial charge in [-0.3, -0.25) is 9.59 Å². The Balaban J connectivity index is 2.11. The Morgan fingerprint density at radius 1 is 1.26 bits per heavy atom. The van der Waals surface area contributed by atoms with E-state index >= 15 is 0 Å². The molecule has 0 unspecified atom stereocenters. The highest BCUT2D eigenvalue weighted by molar-refractivity contribution is 5.94. The van der Waals surface area contributed by atoms with Gasteiger partial charge >= 0.3 is 6.61 Å². The summed E-state index contributed by atoms with van der Waals surface area (Å²) in [7, 11) is 0. The van der Waals surface area contributed by atoms with E-state index < -0.39 is 18.6 Å². The molecule has 1 aromatic carbocycles. The third-order valence-corrected chi connectivity index (χ3v) is 3.54. The molecule has 1 heterocycles. The number of nitrogens with zero attached hydrogens (tertiary/aromatic N) is 2. The van der Waals surface area contributed by atoms with Gasteiger partial charge in [-0.05, 0) is 18.2 Å². The molecule has 0 spiro atoms. The van der Waals surface area contributed by atoms with Crippen LogP contribution in [0.1, 0.15) is 17.3 Å². The first-order chi connectivity index (χ1) is 10.9. The Morgan fingerprint density at radius 3 is 2.57 bits per heavy atom. The summed E-state index contributed by atoms with van der Waals surface area (Å²) in [4.78, 5) is 26.8. The number of aliphatic hydroxyl groups is 1. The number of hydrogen-bond acceptors (Lipinski definition) is 4. The van der Waals surface area contributed by atoms with E-state index in [1.54, 1.807) is 0 Å². The van der Waals surface area contributed by atoms with Crippen molar-refractivity contribution in [1.82, 2.24) is 9.80 Å². The Kier molecular flexibility index (Phi) is 5.49. The molecule has 1 aromatic rings. The summed E-state index contributed by atoms with van der Waals surface area (Å²) in [5, 5.41) is 9.94. The number of aliphatic hydroxyl groups excluding tert-OH is 1. The molecule has 1 aliphatic rings. The fourth-order valence-electron chi connectivity index (χ4n) is 2.45. The zero-order valence-corrected chi connectivity index (χ0v) is 12.6. The van der Waals surface area contributed by atoms with Crippen LogP contribution in [0.25, 0.3) is 0 Å². The van der Waals surface area contributed by atoms with E-state index in [0.29, 0.717) is 6.54 Å². The van der Waals surface area contributed by atoms with Gasteiger partial charge in [0.05, 0.1) is 6.10 Å². The third kappa shape index (κ3) is 4.62. The lowest BCUT2D eigenvalue weighted by molar-refractivity contribution is -0.129. The summed E-state index contributed by atoms with van der Waals surface area (Å²) in [6.45, 7) is -0.767. The minimum Gasteiger partial charge on any atom is -0.435 e. The Labute approximate surface area is 132 Å². The number of carbonyl (C=O) groups excluding carboxylic acids is 2. The van der Waals surface area contributed by atoms with Crippen LogP contribution < -0.4 is 4.74 Å². The minimum absolute atomic E-state index is 0.0720. The molecule has 1 saturated heterocycles. The first-order valence-corrected chi connectivity index (χ1v) is 7.14. The van der Waals surface area contributed by atoms with Gasteiger partial charge in [-0.15, -0.1) is 0 Å². The molecule has 8 heteroatoms. The highest BCUT2D eigenvalue weighted by Gasteiger charge is 2.26. The molecule has 0 radical (unpaired) electrons. The van der Waals surface area contributed by atoms with Crippen LogP contribution in [0.4, 0.5) is 8.78 Å². The maximum Gasteiger partial charge on any atom is 0.387 e. The molecule has 1 atom stereocenters. The molecule has 2 rings (SSSR count). The molecule has 1 aliphatic heterocycles. The highest BCUT2D eigenvalue weighted by Crippen LogP contribution is 2.18. The van der Waals surface area contributed by atoms with Crippen LogP contribution in [0.2, 0.25) is 0 Å². The zero-order chi connectivity index (χ0) is 17.0. The van der Waals surface area contributed by atoms with E-state index in [1.807, 2.05) is 0 Å². The van der Waals surface area contributed by atoms with E-state index in [-0.39, 0.29) is 36.9 Å². The quantitative estimate of drug-likeness (QED) is 0.897. The SMILES string of the molecule is CC(=O)N1CCN(C(=O)c2cccc(OC(F)F)c2)C[C@H](O)C1. The second kappa shape index (κ2) is 7.36. The van der Waals surface area contributed by atoms with Gasteiger partial charge in [0.25, 0.3) is 5.91 Å². The van der Waals surface area contributed by atoms with Crippen LogP contribution in [0.3, 0.4) is 0 Å². The van der Waals surface area contributed by atoms with Gasteiger partial charge < -0.3 is 19.6 Å². The second-order valence-electron chi connectivity index (χ2n) is 5.28. The number of carbonyl (C=O) groups is 2. The topological polar surface area (TPSA) is 70.1 Å². The van der Waals surface area contributed by atoms with Gasteiger partial charge in [0.15, 0.2) is 0 Å². The highest BCUT2D eigenvalue weighted by atomic mass is 19.3. The smallest absolute Gasteiger partial charge is 0.387 e. The zero-order valence-electron chi connectivity index (χ0n) is 12.6. The van der Waals surface area contributed by atoms with Gasteiger partial charge in [0.1, 0.15) is 5.75 Å². The number of β-amino-alcohol motifs (C(OH)–C–C–N with tert-alkyl or cyclic N) is 1. The summed E-state index contributed by atoms with van der Waals surface area (Å²) in [5.74, 6) is -0.688. The predicted molar refractivity (Wildman–Crippen MR) is 77.2 cm³/mol. The first-order valence-electron chi connectivity index (χ1n) is 7.14. The van der Waals surface area contributed by atoms with Gasteiger partial charge in [-0.2, -0.15) is 8.78 Å². The van der Waals surface area contributed by atoms with Gasteiger partial charge in [-0.1, -0.05) is 6.07 Å². The summed E-state index contributed by atoms with van der Waals surface area (Å²) < 4.78 is 28.8. The molecule has 1 N–H and O–H groups in total. The molecule has 0 saturated carbocycles. The molecule has 23 heavy (non-hydrogen) atoms. The van der Waals surface area contributed by atoms with Crippen LogP contribution >= 0.6 is 0 Å². The van der Waals surface area contributed by atoms with E-state index in [4.69, 9.17) is 0 Å². The molecular weight excluding hydrogens is 310 g/mol. The van der Waals surface area contributed by atoms with Crippen molar-refractivity contribution < 1.29 is 28.2 Å². The Morgan fingerprint density at radius 2 is 1.91 bits per heavy atom. The van der Waals surface area contributed by atoms with Gasteiger partial charge in [0, 0.05) is 38.7 Å². The van der Waals surface area contributed by atoms with Crippen LogP contribution in [-0.2, 0) is 4.79 Å². The third-order valence-electron chi connectivity index (χ3n) is 3.54. The molecule has 0 aromatic heterocycles. The van der Waals surface area contributed by atoms with Crippen molar-refractivity contribution in [1.29, 1.82) is 0 Å². The number of ether oxygens (including phenoxy) is 1. The van der Waals surface area contributed by atoms with Crippen LogP contribution in [0, 0.1) is 0 Å². The number of alkyl halides is 2. The minimum atomic E-state index is -2.97. The maximum absolute atomic E-state index is 12.5. The van der Waals surface area contributed by atoms with Crippen molar-refractivity contribution in [3.8, 4) is 5.75 Å². The van der Waals surface area contributed by atoms with Crippen molar-refractivity contribution in [3.05, 3.63) is 29.8 Å². The van der Waals surface area contributed by atoms with Crippen molar-refractivity contribution in [2.24, 2.45) is 0 Å². The second-order valence-corrected chi connectivity index (χ2v) is 5.28. The molecule has 1 fully saturated rings. The van der Waals surface area contributed by atoms with E-state index in [1.165, 1.54) is 41.0 Å². The van der Waals surface area contributed by atoms with Crippen LogP contribution in [0.5, 0.6) is 5.75 Å². The van der Waals surface area contributed by atoms with Crippen molar-refractivity contribution >= 4 is 11.8 Å². The number of benzene rings is 1. The van der Waals surface area contributed by atoms with E-state index in [0.717, 1.165) is 0 Å². The number of rotatable bonds is 3. The molecular formula is C15H18F2N2O4. The maximum atomic E-state index is 12.5. The lowest BCUT2D eigenvalue weighted by atomic mass is 10.2. The van der Waals surface area contributed by atoms with Crippen LogP contribution in [-0.4, -0.2) is 65.6 Å². The number of halogens is 2. The summed E-state index contributed by atoms with van der Waals surface area (Å²) in [6.07, 6.45) is -0.856. The fraction of sp³-hybridized carbons (Fsp3) is 0.467. The first kappa shape index (κ1) is 17.1. The van der Waals surface area contributed by atoms with E-state index in [9.17, 15) is 23.5 Å². The van der Waals surface area contributed by atoms with Crippen molar-refractivity contribution in [3.63, 3.8) is 0 Å². The lowest BCUT2D eigenvalue weighted by Gasteiger charge is -2.22. The molecule has 126 valence electrons. The average Bonchev–Trinajstić information content (AvgIpc) is 2.68. The fourth-order valence-corrected chi connectivity index (χ4v) is 2.45. The van der Waals surface area contributed by atoms with Crippen molar-refractivity contribution in [2.75, 3.05) is 26.2 Å². The number of hydrogen-bond donors (Lipinski definition) is 1. The Hall–Kier alpha value is -2.22. The average molecular weight is 328 g/mol. The lowest BCUT2D eigenvalue weighted by Crippen LogP contribution is -2.37. The molecule has 0 bridgehead atoms. The largest absolute Gasteiger partial charge is 0.435 e. The van der Waals surface area contributed by atoms with Gasteiger partial charge in [0.2, 0.25) is 5.91 Å². The number of amides is 2. The molecule has 0 aliphatic carbocycles.